The van der Waals surface area contributed by atoms with Crippen LogP contribution in [0.2, 0.25) is 0 Å². The molecule has 1 nitrogen and oxygen atoms in total. The van der Waals surface area contributed by atoms with Crippen LogP contribution < -0.4 is 5.73 Å². The number of rotatable bonds is 6. The van der Waals surface area contributed by atoms with Crippen LogP contribution in [0.15, 0.2) is 59.1 Å². The van der Waals surface area contributed by atoms with Gasteiger partial charge in [-0.1, -0.05) is 84.7 Å². The molecular weight excluding hydrogens is 322 g/mol. The quantitative estimate of drug-likeness (QED) is 0.769. The summed E-state index contributed by atoms with van der Waals surface area (Å²) in [6.45, 7) is 4.54. The van der Waals surface area contributed by atoms with Crippen LogP contribution in [-0.2, 0) is 6.42 Å². The molecule has 3 atom stereocenters. The van der Waals surface area contributed by atoms with Gasteiger partial charge in [-0.05, 0) is 29.5 Å². The lowest BCUT2D eigenvalue weighted by atomic mass is 9.78. The fraction of sp³-hybridized carbons (Fsp3) is 0.368. The van der Waals surface area contributed by atoms with Crippen LogP contribution in [-0.4, -0.2) is 6.04 Å². The molecule has 0 aliphatic heterocycles. The van der Waals surface area contributed by atoms with E-state index in [0.29, 0.717) is 11.8 Å². The van der Waals surface area contributed by atoms with E-state index >= 15 is 0 Å². The van der Waals surface area contributed by atoms with E-state index in [1.54, 1.807) is 0 Å². The van der Waals surface area contributed by atoms with Crippen LogP contribution >= 0.6 is 15.9 Å². The van der Waals surface area contributed by atoms with Crippen LogP contribution in [0.4, 0.5) is 0 Å². The van der Waals surface area contributed by atoms with Gasteiger partial charge in [0.2, 0.25) is 0 Å². The molecule has 0 aliphatic rings. The number of nitrogens with two attached hydrogens (primary N) is 1. The van der Waals surface area contributed by atoms with Gasteiger partial charge in [-0.2, -0.15) is 0 Å². The SMILES string of the molecule is CCC(C)C(c1ccccc1)C(N)Cc1ccccc1Br. The molecule has 3 unspecified atom stereocenters. The highest BCUT2D eigenvalue weighted by atomic mass is 79.9. The third-order valence-corrected chi connectivity index (χ3v) is 5.09. The fourth-order valence-corrected chi connectivity index (χ4v) is 3.42. The van der Waals surface area contributed by atoms with Crippen molar-refractivity contribution >= 4 is 15.9 Å². The summed E-state index contributed by atoms with van der Waals surface area (Å²) in [6, 6.07) is 19.2. The van der Waals surface area contributed by atoms with Crippen molar-refractivity contribution in [1.29, 1.82) is 0 Å². The molecule has 0 bridgehead atoms. The molecule has 2 N–H and O–H groups in total. The normalized spacial score (nSPS) is 15.4. The first-order chi connectivity index (χ1) is 10.1. The summed E-state index contributed by atoms with van der Waals surface area (Å²) in [5, 5.41) is 0. The first-order valence-corrected chi connectivity index (χ1v) is 8.46. The van der Waals surface area contributed by atoms with Gasteiger partial charge in [0, 0.05) is 16.4 Å². The number of halogens is 1. The summed E-state index contributed by atoms with van der Waals surface area (Å²) in [4.78, 5) is 0. The summed E-state index contributed by atoms with van der Waals surface area (Å²) in [5.41, 5.74) is 9.25. The molecule has 0 saturated carbocycles. The summed E-state index contributed by atoms with van der Waals surface area (Å²) in [7, 11) is 0. The third kappa shape index (κ3) is 4.18. The lowest BCUT2D eigenvalue weighted by Gasteiger charge is -2.30. The summed E-state index contributed by atoms with van der Waals surface area (Å²) in [5.74, 6) is 0.966. The first kappa shape index (κ1) is 16.3. The zero-order valence-corrected chi connectivity index (χ0v) is 14.4. The van der Waals surface area contributed by atoms with Crippen molar-refractivity contribution in [2.75, 3.05) is 0 Å². The Hall–Kier alpha value is -1.12. The smallest absolute Gasteiger partial charge is 0.0207 e. The maximum Gasteiger partial charge on any atom is 0.0207 e. The second-order valence-electron chi connectivity index (χ2n) is 5.78. The highest BCUT2D eigenvalue weighted by molar-refractivity contribution is 9.10. The summed E-state index contributed by atoms with van der Waals surface area (Å²) in [6.07, 6.45) is 2.04. The van der Waals surface area contributed by atoms with E-state index < -0.39 is 0 Å². The number of hydrogen-bond acceptors (Lipinski definition) is 1. The molecule has 21 heavy (non-hydrogen) atoms. The number of hydrogen-bond donors (Lipinski definition) is 1. The molecule has 0 amide bonds. The molecule has 2 aromatic carbocycles. The molecule has 2 heteroatoms. The van der Waals surface area contributed by atoms with Crippen molar-refractivity contribution in [3.63, 3.8) is 0 Å². The Morgan fingerprint density at radius 1 is 1.00 bits per heavy atom. The predicted octanol–water partition coefficient (Wildman–Crippen LogP) is 5.15. The van der Waals surface area contributed by atoms with E-state index in [-0.39, 0.29) is 6.04 Å². The maximum absolute atomic E-state index is 6.61. The van der Waals surface area contributed by atoms with Crippen molar-refractivity contribution in [3.05, 3.63) is 70.2 Å². The lowest BCUT2D eigenvalue weighted by molar-refractivity contribution is 0.379. The van der Waals surface area contributed by atoms with E-state index in [0.717, 1.165) is 17.3 Å². The first-order valence-electron chi connectivity index (χ1n) is 7.67. The Bertz CT molecular complexity index is 553. The minimum absolute atomic E-state index is 0.126. The minimum atomic E-state index is 0.126. The second-order valence-corrected chi connectivity index (χ2v) is 6.64. The van der Waals surface area contributed by atoms with Crippen molar-refractivity contribution in [1.82, 2.24) is 0 Å². The largest absolute Gasteiger partial charge is 0.327 e. The van der Waals surface area contributed by atoms with Crippen LogP contribution in [0.1, 0.15) is 37.3 Å². The van der Waals surface area contributed by atoms with E-state index in [9.17, 15) is 0 Å². The highest BCUT2D eigenvalue weighted by Gasteiger charge is 2.25. The van der Waals surface area contributed by atoms with Crippen LogP contribution in [0, 0.1) is 5.92 Å². The topological polar surface area (TPSA) is 26.0 Å². The van der Waals surface area contributed by atoms with E-state index in [1.807, 2.05) is 6.07 Å². The van der Waals surface area contributed by atoms with E-state index in [1.165, 1.54) is 11.1 Å². The molecule has 0 heterocycles. The monoisotopic (exact) mass is 345 g/mol. The molecule has 0 saturated heterocycles. The Kier molecular flexibility index (Phi) is 6.01. The molecule has 0 spiro atoms. The molecule has 0 fully saturated rings. The van der Waals surface area contributed by atoms with Crippen molar-refractivity contribution in [2.24, 2.45) is 11.7 Å². The molecular formula is C19H24BrN. The summed E-state index contributed by atoms with van der Waals surface area (Å²) < 4.78 is 1.15. The zero-order valence-electron chi connectivity index (χ0n) is 12.8. The Morgan fingerprint density at radius 2 is 1.62 bits per heavy atom. The minimum Gasteiger partial charge on any atom is -0.327 e. The van der Waals surface area contributed by atoms with Gasteiger partial charge in [0.1, 0.15) is 0 Å². The van der Waals surface area contributed by atoms with Gasteiger partial charge in [0.05, 0.1) is 0 Å². The van der Waals surface area contributed by atoms with Gasteiger partial charge >= 0.3 is 0 Å². The molecule has 112 valence electrons. The van der Waals surface area contributed by atoms with E-state index in [2.05, 4.69) is 78.3 Å². The van der Waals surface area contributed by atoms with Gasteiger partial charge in [0.15, 0.2) is 0 Å². The molecule has 0 aliphatic carbocycles. The van der Waals surface area contributed by atoms with Crippen LogP contribution in [0.5, 0.6) is 0 Å². The average Bonchev–Trinajstić information content (AvgIpc) is 2.50. The molecule has 2 aromatic rings. The van der Waals surface area contributed by atoms with Gasteiger partial charge < -0.3 is 5.73 Å². The van der Waals surface area contributed by atoms with Gasteiger partial charge in [0.25, 0.3) is 0 Å². The predicted molar refractivity (Wildman–Crippen MR) is 94.5 cm³/mol. The lowest BCUT2D eigenvalue weighted by Crippen LogP contribution is -2.34. The van der Waals surface area contributed by atoms with Crippen molar-refractivity contribution in [3.8, 4) is 0 Å². The van der Waals surface area contributed by atoms with E-state index in [4.69, 9.17) is 5.73 Å². The van der Waals surface area contributed by atoms with Crippen LogP contribution in [0.25, 0.3) is 0 Å². The Morgan fingerprint density at radius 3 is 2.24 bits per heavy atom. The fourth-order valence-electron chi connectivity index (χ4n) is 2.97. The standard InChI is InChI=1S/C19H24BrN/c1-3-14(2)19(15-9-5-4-6-10-15)18(21)13-16-11-7-8-12-17(16)20/h4-12,14,18-19H,3,13,21H2,1-2H3. The third-order valence-electron chi connectivity index (χ3n) is 4.32. The van der Waals surface area contributed by atoms with Crippen molar-refractivity contribution < 1.29 is 0 Å². The Balaban J connectivity index is 2.23. The van der Waals surface area contributed by atoms with Crippen molar-refractivity contribution in [2.45, 2.75) is 38.6 Å². The van der Waals surface area contributed by atoms with Gasteiger partial charge in [-0.3, -0.25) is 0 Å². The molecule has 0 aromatic heterocycles. The van der Waals surface area contributed by atoms with Crippen LogP contribution in [0.3, 0.4) is 0 Å². The van der Waals surface area contributed by atoms with Gasteiger partial charge in [-0.15, -0.1) is 0 Å². The molecule has 2 rings (SSSR count). The second kappa shape index (κ2) is 7.77. The maximum atomic E-state index is 6.61. The molecule has 0 radical (unpaired) electrons. The van der Waals surface area contributed by atoms with Gasteiger partial charge in [-0.25, -0.2) is 0 Å². The average molecular weight is 346 g/mol. The highest BCUT2D eigenvalue weighted by Crippen LogP contribution is 2.31. The Labute approximate surface area is 136 Å². The zero-order chi connectivity index (χ0) is 15.2. The number of benzene rings is 2. The summed E-state index contributed by atoms with van der Waals surface area (Å²) >= 11 is 3.63.